The predicted molar refractivity (Wildman–Crippen MR) is 69.5 cm³/mol. The largest absolute Gasteiger partial charge is 0.314 e. The van der Waals surface area contributed by atoms with Crippen LogP contribution in [0.15, 0.2) is 29.5 Å². The Morgan fingerprint density at radius 2 is 2.47 bits per heavy atom. The van der Waals surface area contributed by atoms with Crippen molar-refractivity contribution >= 4 is 11.3 Å². The highest BCUT2D eigenvalue weighted by Crippen LogP contribution is 2.11. The molecular formula is C13H21NS. The Balaban J connectivity index is 2.27. The number of hydrogen-bond acceptors (Lipinski definition) is 2. The minimum Gasteiger partial charge on any atom is -0.314 e. The highest BCUT2D eigenvalue weighted by atomic mass is 32.1. The zero-order chi connectivity index (χ0) is 10.9. The highest BCUT2D eigenvalue weighted by molar-refractivity contribution is 7.07. The summed E-state index contributed by atoms with van der Waals surface area (Å²) in [5.74, 6) is 0. The molecule has 0 fully saturated rings. The summed E-state index contributed by atoms with van der Waals surface area (Å²) in [5.41, 5.74) is 1.47. The molecule has 1 rings (SSSR count). The smallest absolute Gasteiger partial charge is 0.0105 e. The van der Waals surface area contributed by atoms with E-state index < -0.39 is 0 Å². The summed E-state index contributed by atoms with van der Waals surface area (Å²) in [6.45, 7) is 7.13. The maximum absolute atomic E-state index is 3.82. The van der Waals surface area contributed by atoms with Gasteiger partial charge < -0.3 is 5.32 Å². The lowest BCUT2D eigenvalue weighted by molar-refractivity contribution is 0.484. The van der Waals surface area contributed by atoms with Crippen molar-refractivity contribution in [2.75, 3.05) is 6.54 Å². The van der Waals surface area contributed by atoms with Gasteiger partial charge in [0.1, 0.15) is 0 Å². The topological polar surface area (TPSA) is 12.0 Å². The second kappa shape index (κ2) is 7.66. The maximum atomic E-state index is 3.82. The van der Waals surface area contributed by atoms with Crippen molar-refractivity contribution in [2.45, 2.75) is 38.6 Å². The van der Waals surface area contributed by atoms with Crippen molar-refractivity contribution in [1.82, 2.24) is 5.32 Å². The molecule has 0 amide bonds. The van der Waals surface area contributed by atoms with Gasteiger partial charge in [-0.2, -0.15) is 11.3 Å². The van der Waals surface area contributed by atoms with Crippen LogP contribution in [-0.2, 0) is 6.42 Å². The molecule has 0 bridgehead atoms. The van der Waals surface area contributed by atoms with Crippen LogP contribution < -0.4 is 5.32 Å². The first-order chi connectivity index (χ1) is 7.36. The predicted octanol–water partition coefficient (Wildman–Crippen LogP) is 3.63. The normalized spacial score (nSPS) is 12.6. The van der Waals surface area contributed by atoms with Crippen molar-refractivity contribution < 1.29 is 0 Å². The van der Waals surface area contributed by atoms with E-state index in [9.17, 15) is 0 Å². The average Bonchev–Trinajstić information content (AvgIpc) is 2.75. The second-order valence-electron chi connectivity index (χ2n) is 3.85. The van der Waals surface area contributed by atoms with Gasteiger partial charge in [-0.05, 0) is 54.6 Å². The standard InChI is InChI=1S/C13H21NS/c1-3-5-13(14-9-4-2)7-6-12-8-10-15-11-12/h3,8,10-11,13-14H,1,4-7,9H2,2H3. The van der Waals surface area contributed by atoms with E-state index >= 15 is 0 Å². The zero-order valence-electron chi connectivity index (χ0n) is 9.54. The summed E-state index contributed by atoms with van der Waals surface area (Å²) >= 11 is 1.78. The summed E-state index contributed by atoms with van der Waals surface area (Å²) < 4.78 is 0. The van der Waals surface area contributed by atoms with Gasteiger partial charge in [0.25, 0.3) is 0 Å². The molecular weight excluding hydrogens is 202 g/mol. The molecule has 0 radical (unpaired) electrons. The summed E-state index contributed by atoms with van der Waals surface area (Å²) in [5, 5.41) is 7.96. The van der Waals surface area contributed by atoms with Crippen LogP contribution in [0, 0.1) is 0 Å². The summed E-state index contributed by atoms with van der Waals surface area (Å²) in [6.07, 6.45) is 6.68. The minimum absolute atomic E-state index is 0.599. The molecule has 0 aliphatic heterocycles. The molecule has 1 nitrogen and oxygen atoms in total. The molecule has 15 heavy (non-hydrogen) atoms. The number of rotatable bonds is 8. The Kier molecular flexibility index (Phi) is 6.37. The van der Waals surface area contributed by atoms with Crippen molar-refractivity contribution in [3.63, 3.8) is 0 Å². The van der Waals surface area contributed by atoms with Crippen LogP contribution >= 0.6 is 11.3 Å². The molecule has 84 valence electrons. The molecule has 1 aromatic heterocycles. The number of aryl methyl sites for hydroxylation is 1. The Morgan fingerprint density at radius 1 is 1.60 bits per heavy atom. The van der Waals surface area contributed by atoms with Crippen LogP contribution in [0.4, 0.5) is 0 Å². The Bertz CT molecular complexity index is 254. The first-order valence-corrected chi connectivity index (χ1v) is 6.66. The quantitative estimate of drug-likeness (QED) is 0.664. The van der Waals surface area contributed by atoms with Gasteiger partial charge >= 0.3 is 0 Å². The van der Waals surface area contributed by atoms with E-state index in [0.717, 1.165) is 13.0 Å². The first-order valence-electron chi connectivity index (χ1n) is 5.72. The van der Waals surface area contributed by atoms with Gasteiger partial charge in [0.15, 0.2) is 0 Å². The van der Waals surface area contributed by atoms with E-state index in [4.69, 9.17) is 0 Å². The Labute approximate surface area is 97.2 Å². The van der Waals surface area contributed by atoms with E-state index in [2.05, 4.69) is 35.6 Å². The van der Waals surface area contributed by atoms with Crippen LogP contribution in [0.25, 0.3) is 0 Å². The van der Waals surface area contributed by atoms with Crippen molar-refractivity contribution in [3.05, 3.63) is 35.0 Å². The molecule has 1 unspecified atom stereocenters. The number of thiophene rings is 1. The molecule has 0 aliphatic rings. The Hall–Kier alpha value is -0.600. The molecule has 0 saturated carbocycles. The third-order valence-corrected chi connectivity index (χ3v) is 3.23. The van der Waals surface area contributed by atoms with Gasteiger partial charge in [-0.3, -0.25) is 0 Å². The van der Waals surface area contributed by atoms with Crippen molar-refractivity contribution in [2.24, 2.45) is 0 Å². The lowest BCUT2D eigenvalue weighted by Gasteiger charge is -2.16. The second-order valence-corrected chi connectivity index (χ2v) is 4.63. The fourth-order valence-electron chi connectivity index (χ4n) is 1.63. The molecule has 1 atom stereocenters. The number of hydrogen-bond donors (Lipinski definition) is 1. The average molecular weight is 223 g/mol. The SMILES string of the molecule is C=CCC(CCc1ccsc1)NCCC. The molecule has 1 N–H and O–H groups in total. The number of nitrogens with one attached hydrogen (secondary N) is 1. The minimum atomic E-state index is 0.599. The van der Waals surface area contributed by atoms with E-state index in [-0.39, 0.29) is 0 Å². The van der Waals surface area contributed by atoms with Gasteiger partial charge in [-0.25, -0.2) is 0 Å². The molecule has 1 heterocycles. The fraction of sp³-hybridized carbons (Fsp3) is 0.538. The van der Waals surface area contributed by atoms with Crippen LogP contribution in [0.3, 0.4) is 0 Å². The van der Waals surface area contributed by atoms with Crippen LogP contribution in [0.2, 0.25) is 0 Å². The Morgan fingerprint density at radius 3 is 3.07 bits per heavy atom. The third kappa shape index (κ3) is 5.14. The van der Waals surface area contributed by atoms with Gasteiger partial charge in [-0.15, -0.1) is 6.58 Å². The first kappa shape index (κ1) is 12.5. The highest BCUT2D eigenvalue weighted by Gasteiger charge is 2.05. The van der Waals surface area contributed by atoms with Crippen LogP contribution in [-0.4, -0.2) is 12.6 Å². The lowest BCUT2D eigenvalue weighted by atomic mass is 10.0. The van der Waals surface area contributed by atoms with Crippen LogP contribution in [0.1, 0.15) is 31.7 Å². The van der Waals surface area contributed by atoms with E-state index in [0.29, 0.717) is 6.04 Å². The molecule has 1 aromatic rings. The lowest BCUT2D eigenvalue weighted by Crippen LogP contribution is -2.29. The monoisotopic (exact) mass is 223 g/mol. The molecule has 0 spiro atoms. The van der Waals surface area contributed by atoms with E-state index in [1.807, 2.05) is 6.08 Å². The van der Waals surface area contributed by atoms with E-state index in [1.165, 1.54) is 24.8 Å². The van der Waals surface area contributed by atoms with Crippen molar-refractivity contribution in [1.29, 1.82) is 0 Å². The summed E-state index contributed by atoms with van der Waals surface area (Å²) in [6, 6.07) is 2.82. The molecule has 0 saturated heterocycles. The third-order valence-electron chi connectivity index (χ3n) is 2.50. The maximum Gasteiger partial charge on any atom is 0.0105 e. The summed E-state index contributed by atoms with van der Waals surface area (Å²) in [7, 11) is 0. The summed E-state index contributed by atoms with van der Waals surface area (Å²) in [4.78, 5) is 0. The van der Waals surface area contributed by atoms with Gasteiger partial charge in [-0.1, -0.05) is 13.0 Å². The van der Waals surface area contributed by atoms with E-state index in [1.54, 1.807) is 11.3 Å². The van der Waals surface area contributed by atoms with Gasteiger partial charge in [0, 0.05) is 6.04 Å². The van der Waals surface area contributed by atoms with Gasteiger partial charge in [0.2, 0.25) is 0 Å². The molecule has 0 aliphatic carbocycles. The molecule has 2 heteroatoms. The van der Waals surface area contributed by atoms with Crippen LogP contribution in [0.5, 0.6) is 0 Å². The zero-order valence-corrected chi connectivity index (χ0v) is 10.4. The van der Waals surface area contributed by atoms with Crippen molar-refractivity contribution in [3.8, 4) is 0 Å². The molecule has 0 aromatic carbocycles. The van der Waals surface area contributed by atoms with Gasteiger partial charge in [0.05, 0.1) is 0 Å². The fourth-order valence-corrected chi connectivity index (χ4v) is 2.33.